The Kier molecular flexibility index (Phi) is 5.37. The zero-order chi connectivity index (χ0) is 15.2. The number of aliphatic carboxylic acids is 1. The van der Waals surface area contributed by atoms with Gasteiger partial charge in [0.25, 0.3) is 0 Å². The van der Waals surface area contributed by atoms with Gasteiger partial charge in [-0.2, -0.15) is 0 Å². The maximum Gasteiger partial charge on any atom is 0.303 e. The van der Waals surface area contributed by atoms with Crippen LogP contribution in [0.25, 0.3) is 0 Å². The van der Waals surface area contributed by atoms with Crippen LogP contribution in [0.15, 0.2) is 30.3 Å². The third kappa shape index (κ3) is 4.88. The summed E-state index contributed by atoms with van der Waals surface area (Å²) in [4.78, 5) is 25.1. The van der Waals surface area contributed by atoms with Crippen LogP contribution < -0.4 is 0 Å². The number of carboxylic acids is 1. The van der Waals surface area contributed by atoms with Crippen LogP contribution in [-0.2, 0) is 16.1 Å². The van der Waals surface area contributed by atoms with E-state index in [4.69, 9.17) is 5.11 Å². The number of amides is 1. The lowest BCUT2D eigenvalue weighted by Gasteiger charge is -2.26. The van der Waals surface area contributed by atoms with E-state index in [9.17, 15) is 9.59 Å². The Morgan fingerprint density at radius 3 is 2.52 bits per heavy atom. The summed E-state index contributed by atoms with van der Waals surface area (Å²) in [6.07, 6.45) is 2.89. The van der Waals surface area contributed by atoms with Crippen LogP contribution in [0.5, 0.6) is 0 Å². The Hall–Kier alpha value is -1.84. The van der Waals surface area contributed by atoms with Crippen molar-refractivity contribution in [1.82, 2.24) is 4.90 Å². The zero-order valence-corrected chi connectivity index (χ0v) is 12.5. The maximum atomic E-state index is 12.6. The molecule has 1 amide bonds. The van der Waals surface area contributed by atoms with E-state index in [1.54, 1.807) is 0 Å². The second-order valence-corrected chi connectivity index (χ2v) is 5.87. The number of rotatable bonds is 8. The average molecular weight is 289 g/mol. The average Bonchev–Trinajstić information content (AvgIpc) is 3.30. The van der Waals surface area contributed by atoms with Crippen LogP contribution in [0, 0.1) is 11.8 Å². The fraction of sp³-hybridized carbons (Fsp3) is 0.529. The van der Waals surface area contributed by atoms with E-state index in [0.29, 0.717) is 25.4 Å². The molecule has 0 spiro atoms. The Bertz CT molecular complexity index is 482. The van der Waals surface area contributed by atoms with E-state index in [-0.39, 0.29) is 18.2 Å². The molecule has 1 aromatic rings. The minimum absolute atomic E-state index is 0.0542. The van der Waals surface area contributed by atoms with Gasteiger partial charge in [-0.25, -0.2) is 0 Å². The normalized spacial score (nSPS) is 15.5. The topological polar surface area (TPSA) is 57.6 Å². The molecule has 4 heteroatoms. The summed E-state index contributed by atoms with van der Waals surface area (Å²) < 4.78 is 0. The highest BCUT2D eigenvalue weighted by Gasteiger charge is 2.34. The van der Waals surface area contributed by atoms with Gasteiger partial charge in [0.05, 0.1) is 0 Å². The van der Waals surface area contributed by atoms with Gasteiger partial charge in [-0.05, 0) is 30.7 Å². The summed E-state index contributed by atoms with van der Waals surface area (Å²) in [6, 6.07) is 9.87. The molecule has 1 aromatic carbocycles. The number of nitrogens with zero attached hydrogens (tertiary/aromatic N) is 1. The van der Waals surface area contributed by atoms with Gasteiger partial charge in [0.1, 0.15) is 0 Å². The van der Waals surface area contributed by atoms with Crippen molar-refractivity contribution in [2.45, 2.75) is 39.2 Å². The highest BCUT2D eigenvalue weighted by Crippen LogP contribution is 2.37. The van der Waals surface area contributed by atoms with Crippen molar-refractivity contribution in [3.8, 4) is 0 Å². The van der Waals surface area contributed by atoms with Gasteiger partial charge in [0.15, 0.2) is 0 Å². The molecular formula is C17H23NO3. The fourth-order valence-corrected chi connectivity index (χ4v) is 2.58. The number of hydrogen-bond donors (Lipinski definition) is 1. The van der Waals surface area contributed by atoms with Gasteiger partial charge in [-0.3, -0.25) is 9.59 Å². The van der Waals surface area contributed by atoms with Crippen LogP contribution in [0.3, 0.4) is 0 Å². The zero-order valence-electron chi connectivity index (χ0n) is 12.5. The van der Waals surface area contributed by atoms with Gasteiger partial charge in [-0.15, -0.1) is 0 Å². The first-order chi connectivity index (χ1) is 10.1. The van der Waals surface area contributed by atoms with Crippen molar-refractivity contribution >= 4 is 11.9 Å². The van der Waals surface area contributed by atoms with E-state index in [0.717, 1.165) is 18.4 Å². The molecule has 0 heterocycles. The second-order valence-electron chi connectivity index (χ2n) is 5.87. The highest BCUT2D eigenvalue weighted by atomic mass is 16.4. The molecule has 4 nitrogen and oxygen atoms in total. The maximum absolute atomic E-state index is 12.6. The Morgan fingerprint density at radius 2 is 1.95 bits per heavy atom. The molecular weight excluding hydrogens is 266 g/mol. The summed E-state index contributed by atoms with van der Waals surface area (Å²) in [5.41, 5.74) is 1.09. The standard InChI is InChI=1S/C17H23NO3/c1-13(15-9-10-15)17(21)18(11-5-8-16(19)20)12-14-6-3-2-4-7-14/h2-4,6-7,13,15H,5,8-12H2,1H3,(H,19,20). The van der Waals surface area contributed by atoms with Crippen LogP contribution in [-0.4, -0.2) is 28.4 Å². The molecule has 0 bridgehead atoms. The molecule has 1 fully saturated rings. The summed E-state index contributed by atoms with van der Waals surface area (Å²) >= 11 is 0. The minimum Gasteiger partial charge on any atom is -0.481 e. The molecule has 21 heavy (non-hydrogen) atoms. The van der Waals surface area contributed by atoms with E-state index in [2.05, 4.69) is 0 Å². The summed E-state index contributed by atoms with van der Waals surface area (Å²) in [6.45, 7) is 3.07. The largest absolute Gasteiger partial charge is 0.481 e. The highest BCUT2D eigenvalue weighted by molar-refractivity contribution is 5.79. The molecule has 1 saturated carbocycles. The first kappa shape index (κ1) is 15.5. The lowest BCUT2D eigenvalue weighted by atomic mass is 10.0. The number of carboxylic acid groups (broad SMARTS) is 1. The lowest BCUT2D eigenvalue weighted by molar-refractivity contribution is -0.139. The van der Waals surface area contributed by atoms with Crippen molar-refractivity contribution in [2.75, 3.05) is 6.54 Å². The van der Waals surface area contributed by atoms with Crippen LogP contribution in [0.1, 0.15) is 38.2 Å². The summed E-state index contributed by atoms with van der Waals surface area (Å²) in [5, 5.41) is 8.76. The minimum atomic E-state index is -0.808. The lowest BCUT2D eigenvalue weighted by Crippen LogP contribution is -2.36. The Labute approximate surface area is 125 Å². The van der Waals surface area contributed by atoms with Gasteiger partial charge in [0, 0.05) is 25.4 Å². The van der Waals surface area contributed by atoms with Gasteiger partial charge >= 0.3 is 5.97 Å². The monoisotopic (exact) mass is 289 g/mol. The molecule has 1 unspecified atom stereocenters. The van der Waals surface area contributed by atoms with E-state index in [1.165, 1.54) is 0 Å². The Balaban J connectivity index is 1.98. The first-order valence-corrected chi connectivity index (χ1v) is 7.62. The van der Waals surface area contributed by atoms with Gasteiger partial charge < -0.3 is 10.0 Å². The van der Waals surface area contributed by atoms with Crippen molar-refractivity contribution in [1.29, 1.82) is 0 Å². The summed E-state index contributed by atoms with van der Waals surface area (Å²) in [5.74, 6) is -0.0714. The number of hydrogen-bond acceptors (Lipinski definition) is 2. The number of carbonyl (C=O) groups is 2. The first-order valence-electron chi connectivity index (χ1n) is 7.62. The van der Waals surface area contributed by atoms with Crippen molar-refractivity contribution in [3.63, 3.8) is 0 Å². The number of carbonyl (C=O) groups excluding carboxylic acids is 1. The van der Waals surface area contributed by atoms with Crippen molar-refractivity contribution < 1.29 is 14.7 Å². The smallest absolute Gasteiger partial charge is 0.303 e. The molecule has 1 aliphatic rings. The van der Waals surface area contributed by atoms with Crippen molar-refractivity contribution in [2.24, 2.45) is 11.8 Å². The molecule has 2 rings (SSSR count). The molecule has 0 aromatic heterocycles. The fourth-order valence-electron chi connectivity index (χ4n) is 2.58. The summed E-state index contributed by atoms with van der Waals surface area (Å²) in [7, 11) is 0. The third-order valence-corrected chi connectivity index (χ3v) is 4.07. The number of benzene rings is 1. The molecule has 0 aliphatic heterocycles. The van der Waals surface area contributed by atoms with Crippen LogP contribution in [0.2, 0.25) is 0 Å². The van der Waals surface area contributed by atoms with Crippen molar-refractivity contribution in [3.05, 3.63) is 35.9 Å². The van der Waals surface area contributed by atoms with Gasteiger partial charge in [0.2, 0.25) is 5.91 Å². The molecule has 1 atom stereocenters. The molecule has 114 valence electrons. The van der Waals surface area contributed by atoms with Crippen LogP contribution in [0.4, 0.5) is 0 Å². The third-order valence-electron chi connectivity index (χ3n) is 4.07. The molecule has 0 radical (unpaired) electrons. The molecule has 1 N–H and O–H groups in total. The second kappa shape index (κ2) is 7.25. The van der Waals surface area contributed by atoms with Gasteiger partial charge in [-0.1, -0.05) is 37.3 Å². The van der Waals surface area contributed by atoms with E-state index < -0.39 is 5.97 Å². The Morgan fingerprint density at radius 1 is 1.29 bits per heavy atom. The molecule has 1 aliphatic carbocycles. The molecule has 0 saturated heterocycles. The quantitative estimate of drug-likeness (QED) is 0.800. The van der Waals surface area contributed by atoms with E-state index in [1.807, 2.05) is 42.2 Å². The SMILES string of the molecule is CC(C(=O)N(CCCC(=O)O)Cc1ccccc1)C1CC1. The van der Waals surface area contributed by atoms with Crippen LogP contribution >= 0.6 is 0 Å². The predicted molar refractivity (Wildman–Crippen MR) is 80.6 cm³/mol. The van der Waals surface area contributed by atoms with E-state index >= 15 is 0 Å². The predicted octanol–water partition coefficient (Wildman–Crippen LogP) is 2.93.